The minimum absolute atomic E-state index is 0.341. The van der Waals surface area contributed by atoms with Crippen molar-refractivity contribution in [2.75, 3.05) is 20.3 Å². The zero-order valence-corrected chi connectivity index (χ0v) is 12.5. The Morgan fingerprint density at radius 1 is 1.25 bits per heavy atom. The van der Waals surface area contributed by atoms with Crippen LogP contribution >= 0.6 is 31.9 Å². The van der Waals surface area contributed by atoms with Crippen LogP contribution in [-0.4, -0.2) is 20.3 Å². The molecule has 0 aromatic heterocycles. The van der Waals surface area contributed by atoms with Crippen molar-refractivity contribution in [2.45, 2.75) is 6.92 Å². The predicted molar refractivity (Wildman–Crippen MR) is 72.1 cm³/mol. The van der Waals surface area contributed by atoms with Gasteiger partial charge in [-0.15, -0.1) is 0 Å². The Hall–Kier alpha value is -0.260. The van der Waals surface area contributed by atoms with Gasteiger partial charge in [-0.1, -0.05) is 6.92 Å². The summed E-state index contributed by atoms with van der Waals surface area (Å²) in [5.41, 5.74) is 5.53. The molecule has 0 heterocycles. The molecule has 16 heavy (non-hydrogen) atoms. The van der Waals surface area contributed by atoms with E-state index in [9.17, 15) is 0 Å². The summed E-state index contributed by atoms with van der Waals surface area (Å²) < 4.78 is 12.6. The molecule has 0 bridgehead atoms. The van der Waals surface area contributed by atoms with E-state index >= 15 is 0 Å². The summed E-state index contributed by atoms with van der Waals surface area (Å²) in [6.45, 7) is 3.27. The highest BCUT2D eigenvalue weighted by Crippen LogP contribution is 2.36. The van der Waals surface area contributed by atoms with Gasteiger partial charge in [0.05, 0.1) is 22.7 Å². The van der Waals surface area contributed by atoms with Crippen LogP contribution in [0.25, 0.3) is 0 Å². The number of hydrogen-bond donors (Lipinski definition) is 1. The Morgan fingerprint density at radius 3 is 2.38 bits per heavy atom. The van der Waals surface area contributed by atoms with Crippen LogP contribution in [0, 0.1) is 5.92 Å². The number of halogens is 2. The van der Waals surface area contributed by atoms with Gasteiger partial charge in [-0.05, 0) is 50.5 Å². The van der Waals surface area contributed by atoms with Crippen molar-refractivity contribution in [3.63, 3.8) is 0 Å². The maximum atomic E-state index is 5.66. The van der Waals surface area contributed by atoms with Crippen molar-refractivity contribution >= 4 is 31.9 Å². The number of hydrogen-bond acceptors (Lipinski definition) is 3. The van der Waals surface area contributed by atoms with Crippen LogP contribution < -0.4 is 15.2 Å². The lowest BCUT2D eigenvalue weighted by atomic mass is 10.2. The third-order valence-electron chi connectivity index (χ3n) is 2.13. The highest BCUT2D eigenvalue weighted by molar-refractivity contribution is 9.11. The number of methoxy groups -OCH3 is 1. The summed E-state index contributed by atoms with van der Waals surface area (Å²) in [6.07, 6.45) is 0. The molecule has 5 heteroatoms. The van der Waals surface area contributed by atoms with E-state index in [1.54, 1.807) is 7.11 Å². The molecule has 1 aromatic carbocycles. The Balaban J connectivity index is 2.77. The first-order chi connectivity index (χ1) is 7.58. The molecule has 1 rings (SSSR count). The molecule has 0 spiro atoms. The summed E-state index contributed by atoms with van der Waals surface area (Å²) in [5.74, 6) is 1.90. The van der Waals surface area contributed by atoms with Crippen molar-refractivity contribution in [3.05, 3.63) is 21.1 Å². The Morgan fingerprint density at radius 2 is 1.81 bits per heavy atom. The van der Waals surface area contributed by atoms with Crippen LogP contribution in [0.5, 0.6) is 11.5 Å². The van der Waals surface area contributed by atoms with E-state index in [4.69, 9.17) is 15.2 Å². The molecule has 2 N–H and O–H groups in total. The van der Waals surface area contributed by atoms with Gasteiger partial charge in [0, 0.05) is 5.92 Å². The first-order valence-electron chi connectivity index (χ1n) is 4.94. The topological polar surface area (TPSA) is 44.5 Å². The molecule has 0 amide bonds. The van der Waals surface area contributed by atoms with E-state index in [1.165, 1.54) is 0 Å². The van der Waals surface area contributed by atoms with Crippen LogP contribution in [0.4, 0.5) is 0 Å². The van der Waals surface area contributed by atoms with E-state index in [0.717, 1.165) is 20.4 Å². The largest absolute Gasteiger partial charge is 0.496 e. The molecule has 0 radical (unpaired) electrons. The average Bonchev–Trinajstić information content (AvgIpc) is 2.29. The van der Waals surface area contributed by atoms with E-state index in [-0.39, 0.29) is 0 Å². The SMILES string of the molecule is COc1cc(Br)c(OCC(C)CN)cc1Br. The minimum Gasteiger partial charge on any atom is -0.496 e. The molecule has 0 aliphatic heterocycles. The van der Waals surface area contributed by atoms with E-state index < -0.39 is 0 Å². The molecule has 0 aliphatic rings. The smallest absolute Gasteiger partial charge is 0.134 e. The monoisotopic (exact) mass is 351 g/mol. The van der Waals surface area contributed by atoms with Crippen LogP contribution in [0.2, 0.25) is 0 Å². The summed E-state index contributed by atoms with van der Waals surface area (Å²) in [7, 11) is 1.63. The molecule has 1 unspecified atom stereocenters. The van der Waals surface area contributed by atoms with Crippen molar-refractivity contribution in [1.82, 2.24) is 0 Å². The third-order valence-corrected chi connectivity index (χ3v) is 3.37. The van der Waals surface area contributed by atoms with Crippen LogP contribution in [0.15, 0.2) is 21.1 Å². The summed E-state index contributed by atoms with van der Waals surface area (Å²) >= 11 is 6.85. The highest BCUT2D eigenvalue weighted by Gasteiger charge is 2.09. The van der Waals surface area contributed by atoms with E-state index in [2.05, 4.69) is 31.9 Å². The predicted octanol–water partition coefficient (Wildman–Crippen LogP) is 3.19. The van der Waals surface area contributed by atoms with Gasteiger partial charge in [-0.3, -0.25) is 0 Å². The number of rotatable bonds is 5. The van der Waals surface area contributed by atoms with Crippen LogP contribution in [-0.2, 0) is 0 Å². The van der Waals surface area contributed by atoms with E-state index in [0.29, 0.717) is 19.1 Å². The average molecular weight is 353 g/mol. The molecule has 90 valence electrons. The Bertz CT molecular complexity index is 358. The molecule has 3 nitrogen and oxygen atoms in total. The molecule has 0 aliphatic carbocycles. The van der Waals surface area contributed by atoms with Crippen molar-refractivity contribution < 1.29 is 9.47 Å². The second-order valence-electron chi connectivity index (χ2n) is 3.57. The number of nitrogens with two attached hydrogens (primary N) is 1. The second-order valence-corrected chi connectivity index (χ2v) is 5.28. The normalized spacial score (nSPS) is 12.3. The van der Waals surface area contributed by atoms with Crippen molar-refractivity contribution in [3.8, 4) is 11.5 Å². The standard InChI is InChI=1S/C11H15Br2NO2/c1-7(5-14)6-16-11-4-8(12)10(15-2)3-9(11)13/h3-4,7H,5-6,14H2,1-2H3. The molecular weight excluding hydrogens is 338 g/mol. The molecule has 1 atom stereocenters. The van der Waals surface area contributed by atoms with Gasteiger partial charge in [-0.25, -0.2) is 0 Å². The highest BCUT2D eigenvalue weighted by atomic mass is 79.9. The maximum Gasteiger partial charge on any atom is 0.134 e. The van der Waals surface area contributed by atoms with E-state index in [1.807, 2.05) is 19.1 Å². The summed E-state index contributed by atoms with van der Waals surface area (Å²) in [4.78, 5) is 0. The van der Waals surface area contributed by atoms with Crippen LogP contribution in [0.1, 0.15) is 6.92 Å². The maximum absolute atomic E-state index is 5.66. The van der Waals surface area contributed by atoms with Crippen molar-refractivity contribution in [1.29, 1.82) is 0 Å². The zero-order chi connectivity index (χ0) is 12.1. The summed E-state index contributed by atoms with van der Waals surface area (Å²) in [5, 5.41) is 0. The lowest BCUT2D eigenvalue weighted by Crippen LogP contribution is -2.18. The fourth-order valence-electron chi connectivity index (χ4n) is 1.08. The fraction of sp³-hybridized carbons (Fsp3) is 0.455. The first-order valence-corrected chi connectivity index (χ1v) is 6.53. The lowest BCUT2D eigenvalue weighted by molar-refractivity contribution is 0.262. The number of benzene rings is 1. The second kappa shape index (κ2) is 6.47. The Kier molecular flexibility index (Phi) is 5.58. The van der Waals surface area contributed by atoms with Gasteiger partial charge < -0.3 is 15.2 Å². The molecule has 0 saturated heterocycles. The molecular formula is C11H15Br2NO2. The molecule has 0 fully saturated rings. The van der Waals surface area contributed by atoms with Gasteiger partial charge in [0.2, 0.25) is 0 Å². The Labute approximate surface area is 113 Å². The minimum atomic E-state index is 0.341. The van der Waals surface area contributed by atoms with Gasteiger partial charge in [0.25, 0.3) is 0 Å². The van der Waals surface area contributed by atoms with Gasteiger partial charge >= 0.3 is 0 Å². The zero-order valence-electron chi connectivity index (χ0n) is 9.30. The first kappa shape index (κ1) is 13.8. The van der Waals surface area contributed by atoms with Crippen molar-refractivity contribution in [2.24, 2.45) is 11.7 Å². The third kappa shape index (κ3) is 3.64. The van der Waals surface area contributed by atoms with Crippen LogP contribution in [0.3, 0.4) is 0 Å². The van der Waals surface area contributed by atoms with Gasteiger partial charge in [-0.2, -0.15) is 0 Å². The fourth-order valence-corrected chi connectivity index (χ4v) is 2.00. The van der Waals surface area contributed by atoms with Gasteiger partial charge in [0.15, 0.2) is 0 Å². The molecule has 1 aromatic rings. The summed E-state index contributed by atoms with van der Waals surface area (Å²) in [6, 6.07) is 3.75. The quantitative estimate of drug-likeness (QED) is 0.885. The van der Waals surface area contributed by atoms with Gasteiger partial charge in [0.1, 0.15) is 11.5 Å². The lowest BCUT2D eigenvalue weighted by Gasteiger charge is -2.13. The molecule has 0 saturated carbocycles. The number of ether oxygens (including phenoxy) is 2.